The van der Waals surface area contributed by atoms with Gasteiger partial charge in [0.15, 0.2) is 0 Å². The van der Waals surface area contributed by atoms with E-state index < -0.39 is 0 Å². The minimum Gasteiger partial charge on any atom is -0.398 e. The molecule has 18 heavy (non-hydrogen) atoms. The number of hydrogen-bond acceptors (Lipinski definition) is 3. The lowest BCUT2D eigenvalue weighted by Gasteiger charge is -2.17. The molecule has 102 valence electrons. The standard InChI is InChI=1S/C14H24N2OS/c1-4-6-8-11(7-5-2)16-14(17)13-9-12(15)10(3)18-13/h9,11H,4-8,15H2,1-3H3,(H,16,17). The molecule has 1 heterocycles. The van der Waals surface area contributed by atoms with Crippen molar-refractivity contribution in [2.45, 2.75) is 58.9 Å². The number of unbranched alkanes of at least 4 members (excludes halogenated alkanes) is 1. The lowest BCUT2D eigenvalue weighted by atomic mass is 10.1. The number of anilines is 1. The van der Waals surface area contributed by atoms with E-state index in [0.29, 0.717) is 11.7 Å². The van der Waals surface area contributed by atoms with E-state index in [-0.39, 0.29) is 5.91 Å². The lowest BCUT2D eigenvalue weighted by molar-refractivity contribution is 0.0936. The first kappa shape index (κ1) is 15.0. The first-order chi connectivity index (χ1) is 8.58. The first-order valence-electron chi connectivity index (χ1n) is 6.75. The third kappa shape index (κ3) is 4.33. The number of nitrogens with two attached hydrogens (primary N) is 1. The van der Waals surface area contributed by atoms with Gasteiger partial charge in [-0.2, -0.15) is 0 Å². The summed E-state index contributed by atoms with van der Waals surface area (Å²) >= 11 is 1.47. The molecule has 3 N–H and O–H groups in total. The molecule has 0 fully saturated rings. The smallest absolute Gasteiger partial charge is 0.261 e. The van der Waals surface area contributed by atoms with Crippen molar-refractivity contribution in [1.82, 2.24) is 5.32 Å². The van der Waals surface area contributed by atoms with Gasteiger partial charge in [0.25, 0.3) is 5.91 Å². The average molecular weight is 268 g/mol. The summed E-state index contributed by atoms with van der Waals surface area (Å²) in [5, 5.41) is 3.13. The molecule has 1 rings (SSSR count). The van der Waals surface area contributed by atoms with E-state index in [1.807, 2.05) is 6.92 Å². The van der Waals surface area contributed by atoms with Gasteiger partial charge in [0.2, 0.25) is 0 Å². The topological polar surface area (TPSA) is 55.1 Å². The van der Waals surface area contributed by atoms with Crippen LogP contribution in [0, 0.1) is 6.92 Å². The van der Waals surface area contributed by atoms with Crippen molar-refractivity contribution in [3.05, 3.63) is 15.8 Å². The molecule has 0 bridgehead atoms. The molecule has 4 heteroatoms. The third-order valence-corrected chi connectivity index (χ3v) is 4.12. The van der Waals surface area contributed by atoms with Crippen molar-refractivity contribution >= 4 is 22.9 Å². The summed E-state index contributed by atoms with van der Waals surface area (Å²) in [6.45, 7) is 6.27. The van der Waals surface area contributed by atoms with E-state index in [4.69, 9.17) is 5.73 Å². The second-order valence-electron chi connectivity index (χ2n) is 4.72. The number of aryl methyl sites for hydroxylation is 1. The van der Waals surface area contributed by atoms with Gasteiger partial charge >= 0.3 is 0 Å². The molecule has 0 aliphatic carbocycles. The van der Waals surface area contributed by atoms with Crippen LogP contribution in [0.3, 0.4) is 0 Å². The molecule has 0 aliphatic heterocycles. The highest BCUT2D eigenvalue weighted by molar-refractivity contribution is 7.14. The largest absolute Gasteiger partial charge is 0.398 e. The Hall–Kier alpha value is -1.03. The Labute approximate surface area is 114 Å². The van der Waals surface area contributed by atoms with Gasteiger partial charge in [-0.05, 0) is 25.8 Å². The van der Waals surface area contributed by atoms with Gasteiger partial charge in [-0.1, -0.05) is 33.1 Å². The van der Waals surface area contributed by atoms with Gasteiger partial charge in [0.1, 0.15) is 0 Å². The number of rotatable bonds is 7. The van der Waals surface area contributed by atoms with Crippen molar-refractivity contribution in [1.29, 1.82) is 0 Å². The third-order valence-electron chi connectivity index (χ3n) is 3.06. The number of carbonyl (C=O) groups excluding carboxylic acids is 1. The molecule has 0 aliphatic rings. The van der Waals surface area contributed by atoms with Crippen LogP contribution < -0.4 is 11.1 Å². The predicted molar refractivity (Wildman–Crippen MR) is 79.2 cm³/mol. The molecule has 0 saturated heterocycles. The fraction of sp³-hybridized carbons (Fsp3) is 0.643. The quantitative estimate of drug-likeness (QED) is 0.791. The highest BCUT2D eigenvalue weighted by Gasteiger charge is 2.15. The van der Waals surface area contributed by atoms with Crippen LogP contribution in [0.15, 0.2) is 6.07 Å². The van der Waals surface area contributed by atoms with Crippen molar-refractivity contribution in [2.24, 2.45) is 0 Å². The number of nitrogen functional groups attached to an aromatic ring is 1. The average Bonchev–Trinajstić information content (AvgIpc) is 2.67. The molecule has 0 spiro atoms. The van der Waals surface area contributed by atoms with Gasteiger partial charge in [0.05, 0.1) is 4.88 Å². The second kappa shape index (κ2) is 7.41. The van der Waals surface area contributed by atoms with Crippen LogP contribution in [0.1, 0.15) is 60.5 Å². The van der Waals surface area contributed by atoms with Crippen LogP contribution in [0.5, 0.6) is 0 Å². The Morgan fingerprint density at radius 2 is 2.11 bits per heavy atom. The number of thiophene rings is 1. The fourth-order valence-electron chi connectivity index (χ4n) is 1.95. The summed E-state index contributed by atoms with van der Waals surface area (Å²) in [4.78, 5) is 13.8. The maximum Gasteiger partial charge on any atom is 0.261 e. The zero-order valence-corrected chi connectivity index (χ0v) is 12.4. The number of nitrogens with one attached hydrogen (secondary N) is 1. The molecular formula is C14H24N2OS. The molecule has 1 aromatic heterocycles. The minimum atomic E-state index is 0.0225. The summed E-state index contributed by atoms with van der Waals surface area (Å²) in [6.07, 6.45) is 5.54. The van der Waals surface area contributed by atoms with Crippen LogP contribution in [0.4, 0.5) is 5.69 Å². The summed E-state index contributed by atoms with van der Waals surface area (Å²) in [5.74, 6) is 0.0225. The van der Waals surface area contributed by atoms with E-state index in [2.05, 4.69) is 19.2 Å². The van der Waals surface area contributed by atoms with Crippen LogP contribution in [-0.2, 0) is 0 Å². The molecule has 3 nitrogen and oxygen atoms in total. The molecule has 0 aromatic carbocycles. The summed E-state index contributed by atoms with van der Waals surface area (Å²) in [5.41, 5.74) is 6.49. The fourth-order valence-corrected chi connectivity index (χ4v) is 2.80. The summed E-state index contributed by atoms with van der Waals surface area (Å²) < 4.78 is 0. The number of hydrogen-bond donors (Lipinski definition) is 2. The zero-order valence-electron chi connectivity index (χ0n) is 11.6. The molecule has 1 aromatic rings. The van der Waals surface area contributed by atoms with Crippen molar-refractivity contribution in [3.63, 3.8) is 0 Å². The monoisotopic (exact) mass is 268 g/mol. The molecule has 1 amide bonds. The van der Waals surface area contributed by atoms with Crippen molar-refractivity contribution < 1.29 is 4.79 Å². The van der Waals surface area contributed by atoms with E-state index >= 15 is 0 Å². The highest BCUT2D eigenvalue weighted by Crippen LogP contribution is 2.23. The van der Waals surface area contributed by atoms with Crippen LogP contribution in [-0.4, -0.2) is 11.9 Å². The Morgan fingerprint density at radius 3 is 2.61 bits per heavy atom. The van der Waals surface area contributed by atoms with Crippen molar-refractivity contribution in [2.75, 3.05) is 5.73 Å². The first-order valence-corrected chi connectivity index (χ1v) is 7.56. The predicted octanol–water partition coefficient (Wildman–Crippen LogP) is 3.73. The Morgan fingerprint density at radius 1 is 1.39 bits per heavy atom. The molecular weight excluding hydrogens is 244 g/mol. The normalized spacial score (nSPS) is 12.4. The second-order valence-corrected chi connectivity index (χ2v) is 5.98. The van der Waals surface area contributed by atoms with Gasteiger partial charge < -0.3 is 11.1 Å². The van der Waals surface area contributed by atoms with Gasteiger partial charge in [-0.15, -0.1) is 11.3 Å². The molecule has 0 saturated carbocycles. The van der Waals surface area contributed by atoms with Crippen LogP contribution in [0.25, 0.3) is 0 Å². The molecule has 1 unspecified atom stereocenters. The summed E-state index contributed by atoms with van der Waals surface area (Å²) in [7, 11) is 0. The van der Waals surface area contributed by atoms with Crippen LogP contribution >= 0.6 is 11.3 Å². The van der Waals surface area contributed by atoms with E-state index in [9.17, 15) is 4.79 Å². The maximum absolute atomic E-state index is 12.1. The van der Waals surface area contributed by atoms with Gasteiger partial charge in [0, 0.05) is 16.6 Å². The lowest BCUT2D eigenvalue weighted by Crippen LogP contribution is -2.34. The molecule has 1 atom stereocenters. The van der Waals surface area contributed by atoms with E-state index in [0.717, 1.165) is 35.4 Å². The van der Waals surface area contributed by atoms with Gasteiger partial charge in [-0.3, -0.25) is 4.79 Å². The van der Waals surface area contributed by atoms with E-state index in [1.165, 1.54) is 17.8 Å². The van der Waals surface area contributed by atoms with Gasteiger partial charge in [-0.25, -0.2) is 0 Å². The van der Waals surface area contributed by atoms with Crippen LogP contribution in [0.2, 0.25) is 0 Å². The molecule has 0 radical (unpaired) electrons. The SMILES string of the molecule is CCCCC(CCC)NC(=O)c1cc(N)c(C)s1. The minimum absolute atomic E-state index is 0.0225. The number of amides is 1. The van der Waals surface area contributed by atoms with E-state index in [1.54, 1.807) is 6.07 Å². The maximum atomic E-state index is 12.1. The Kier molecular flexibility index (Phi) is 6.19. The summed E-state index contributed by atoms with van der Waals surface area (Å²) in [6, 6.07) is 2.07. The highest BCUT2D eigenvalue weighted by atomic mass is 32.1. The zero-order chi connectivity index (χ0) is 13.5. The number of carbonyl (C=O) groups is 1. The Bertz CT molecular complexity index is 368. The van der Waals surface area contributed by atoms with Crippen molar-refractivity contribution in [3.8, 4) is 0 Å². The Balaban J connectivity index is 2.59.